The predicted molar refractivity (Wildman–Crippen MR) is 72.7 cm³/mol. The number of aromatic hydroxyl groups is 2. The van der Waals surface area contributed by atoms with E-state index in [0.717, 1.165) is 16.3 Å². The second kappa shape index (κ2) is 4.28. The zero-order chi connectivity index (χ0) is 13.4. The van der Waals surface area contributed by atoms with Crippen LogP contribution in [0.25, 0.3) is 21.9 Å². The van der Waals surface area contributed by atoms with E-state index in [1.165, 1.54) is 12.1 Å². The van der Waals surface area contributed by atoms with Gasteiger partial charge < -0.3 is 10.2 Å². The molecule has 0 aliphatic rings. The van der Waals surface area contributed by atoms with Crippen LogP contribution in [0.4, 0.5) is 4.39 Å². The summed E-state index contributed by atoms with van der Waals surface area (Å²) in [6, 6.07) is 15.1. The Morgan fingerprint density at radius 2 is 1.32 bits per heavy atom. The molecule has 0 saturated carbocycles. The Bertz CT molecular complexity index is 766. The van der Waals surface area contributed by atoms with E-state index in [-0.39, 0.29) is 11.5 Å². The maximum absolute atomic E-state index is 13.3. The lowest BCUT2D eigenvalue weighted by Gasteiger charge is -2.05. The van der Waals surface area contributed by atoms with Crippen molar-refractivity contribution >= 4 is 10.8 Å². The molecule has 0 saturated heterocycles. The highest BCUT2D eigenvalue weighted by molar-refractivity contribution is 5.88. The second-order valence-corrected chi connectivity index (χ2v) is 4.41. The number of phenolic OH excluding ortho intramolecular Hbond substituents is 2. The third kappa shape index (κ3) is 2.10. The van der Waals surface area contributed by atoms with Gasteiger partial charge in [0.15, 0.2) is 11.6 Å². The number of fused-ring (bicyclic) bond motifs is 1. The fraction of sp³-hybridized carbons (Fsp3) is 0. The van der Waals surface area contributed by atoms with E-state index in [4.69, 9.17) is 0 Å². The summed E-state index contributed by atoms with van der Waals surface area (Å²) in [5.41, 5.74) is 1.56. The van der Waals surface area contributed by atoms with Gasteiger partial charge in [0, 0.05) is 0 Å². The highest BCUT2D eigenvalue weighted by Crippen LogP contribution is 2.28. The van der Waals surface area contributed by atoms with Gasteiger partial charge in [-0.25, -0.2) is 4.39 Å². The van der Waals surface area contributed by atoms with Crippen LogP contribution in [0.1, 0.15) is 0 Å². The van der Waals surface area contributed by atoms with Crippen LogP contribution in [0.3, 0.4) is 0 Å². The Labute approximate surface area is 109 Å². The van der Waals surface area contributed by atoms with E-state index in [1.54, 1.807) is 18.2 Å². The Morgan fingerprint density at radius 1 is 0.684 bits per heavy atom. The topological polar surface area (TPSA) is 40.5 Å². The fourth-order valence-corrected chi connectivity index (χ4v) is 2.10. The molecule has 2 nitrogen and oxygen atoms in total. The van der Waals surface area contributed by atoms with Crippen LogP contribution in [0, 0.1) is 5.82 Å². The fourth-order valence-electron chi connectivity index (χ4n) is 2.10. The Balaban J connectivity index is 2.14. The maximum atomic E-state index is 13.3. The van der Waals surface area contributed by atoms with Crippen molar-refractivity contribution in [2.45, 2.75) is 0 Å². The van der Waals surface area contributed by atoms with Crippen LogP contribution in [-0.4, -0.2) is 10.2 Å². The minimum absolute atomic E-state index is 0.218. The van der Waals surface area contributed by atoms with Crippen molar-refractivity contribution in [2.24, 2.45) is 0 Å². The summed E-state index contributed by atoms with van der Waals surface area (Å²) in [6.07, 6.45) is 0. The highest BCUT2D eigenvalue weighted by atomic mass is 19.1. The van der Waals surface area contributed by atoms with Gasteiger partial charge in [-0.2, -0.15) is 0 Å². The third-order valence-electron chi connectivity index (χ3n) is 3.10. The molecule has 3 aromatic carbocycles. The summed E-state index contributed by atoms with van der Waals surface area (Å²) in [5, 5.41) is 20.5. The van der Waals surface area contributed by atoms with Gasteiger partial charge in [0.05, 0.1) is 0 Å². The maximum Gasteiger partial charge on any atom is 0.165 e. The van der Waals surface area contributed by atoms with E-state index in [1.807, 2.05) is 24.3 Å². The molecule has 0 atom stereocenters. The molecule has 94 valence electrons. The molecule has 0 spiro atoms. The monoisotopic (exact) mass is 254 g/mol. The summed E-state index contributed by atoms with van der Waals surface area (Å²) < 4.78 is 13.3. The van der Waals surface area contributed by atoms with Gasteiger partial charge >= 0.3 is 0 Å². The number of hydrogen-bond acceptors (Lipinski definition) is 2. The molecular weight excluding hydrogens is 243 g/mol. The summed E-state index contributed by atoms with van der Waals surface area (Å²) in [5.74, 6) is -0.770. The molecule has 0 bridgehead atoms. The summed E-state index contributed by atoms with van der Waals surface area (Å²) in [7, 11) is 0. The standard InChI is InChI=1S/C16H11FO2/c17-15-9-13(4-6-16(15)19)10-1-2-12-8-14(18)5-3-11(12)7-10/h1-9,18-19H. The van der Waals surface area contributed by atoms with E-state index >= 15 is 0 Å². The molecule has 0 fully saturated rings. The van der Waals surface area contributed by atoms with Crippen molar-refractivity contribution in [3.05, 3.63) is 60.4 Å². The van der Waals surface area contributed by atoms with Crippen LogP contribution in [0.5, 0.6) is 11.5 Å². The lowest BCUT2D eigenvalue weighted by Crippen LogP contribution is -1.82. The van der Waals surface area contributed by atoms with Gasteiger partial charge in [0.2, 0.25) is 0 Å². The first-order valence-corrected chi connectivity index (χ1v) is 5.85. The van der Waals surface area contributed by atoms with E-state index in [9.17, 15) is 14.6 Å². The number of benzene rings is 3. The Kier molecular flexibility index (Phi) is 2.60. The van der Waals surface area contributed by atoms with Crippen LogP contribution in [-0.2, 0) is 0 Å². The van der Waals surface area contributed by atoms with Gasteiger partial charge in [0.25, 0.3) is 0 Å². The predicted octanol–water partition coefficient (Wildman–Crippen LogP) is 4.06. The average molecular weight is 254 g/mol. The molecule has 0 amide bonds. The van der Waals surface area contributed by atoms with Gasteiger partial charge in [-0.05, 0) is 52.2 Å². The van der Waals surface area contributed by atoms with Crippen molar-refractivity contribution in [2.75, 3.05) is 0 Å². The van der Waals surface area contributed by atoms with Crippen LogP contribution < -0.4 is 0 Å². The van der Waals surface area contributed by atoms with Gasteiger partial charge in [0.1, 0.15) is 5.75 Å². The van der Waals surface area contributed by atoms with E-state index in [0.29, 0.717) is 5.56 Å². The Hall–Kier alpha value is -2.55. The van der Waals surface area contributed by atoms with E-state index < -0.39 is 5.82 Å². The van der Waals surface area contributed by atoms with Gasteiger partial charge in [-0.15, -0.1) is 0 Å². The van der Waals surface area contributed by atoms with Crippen LogP contribution >= 0.6 is 0 Å². The lowest BCUT2D eigenvalue weighted by molar-refractivity contribution is 0.432. The summed E-state index contributed by atoms with van der Waals surface area (Å²) >= 11 is 0. The number of hydrogen-bond donors (Lipinski definition) is 2. The molecule has 2 N–H and O–H groups in total. The summed E-state index contributed by atoms with van der Waals surface area (Å²) in [6.45, 7) is 0. The quantitative estimate of drug-likeness (QED) is 0.687. The molecule has 0 aliphatic heterocycles. The van der Waals surface area contributed by atoms with Gasteiger partial charge in [-0.1, -0.05) is 24.3 Å². The zero-order valence-electron chi connectivity index (χ0n) is 9.97. The highest BCUT2D eigenvalue weighted by Gasteiger charge is 2.05. The van der Waals surface area contributed by atoms with E-state index in [2.05, 4.69) is 0 Å². The largest absolute Gasteiger partial charge is 0.508 e. The minimum atomic E-state index is -0.636. The molecule has 3 rings (SSSR count). The molecule has 0 radical (unpaired) electrons. The van der Waals surface area contributed by atoms with Crippen LogP contribution in [0.15, 0.2) is 54.6 Å². The molecule has 0 aliphatic carbocycles. The second-order valence-electron chi connectivity index (χ2n) is 4.41. The summed E-state index contributed by atoms with van der Waals surface area (Å²) in [4.78, 5) is 0. The molecule has 19 heavy (non-hydrogen) atoms. The zero-order valence-corrected chi connectivity index (χ0v) is 9.97. The normalized spacial score (nSPS) is 10.8. The molecule has 3 heteroatoms. The number of halogens is 1. The smallest absolute Gasteiger partial charge is 0.165 e. The third-order valence-corrected chi connectivity index (χ3v) is 3.10. The minimum Gasteiger partial charge on any atom is -0.508 e. The van der Waals surface area contributed by atoms with Crippen LogP contribution in [0.2, 0.25) is 0 Å². The molecule has 0 heterocycles. The first-order valence-electron chi connectivity index (χ1n) is 5.85. The van der Waals surface area contributed by atoms with Crippen molar-refractivity contribution in [1.82, 2.24) is 0 Å². The van der Waals surface area contributed by atoms with Crippen molar-refractivity contribution < 1.29 is 14.6 Å². The molecule has 0 unspecified atom stereocenters. The first kappa shape index (κ1) is 11.5. The van der Waals surface area contributed by atoms with Crippen molar-refractivity contribution in [1.29, 1.82) is 0 Å². The first-order chi connectivity index (χ1) is 9.13. The molecule has 0 aromatic heterocycles. The van der Waals surface area contributed by atoms with Crippen molar-refractivity contribution in [3.8, 4) is 22.6 Å². The molecular formula is C16H11FO2. The van der Waals surface area contributed by atoms with Crippen molar-refractivity contribution in [3.63, 3.8) is 0 Å². The van der Waals surface area contributed by atoms with Gasteiger partial charge in [-0.3, -0.25) is 0 Å². The number of phenols is 2. The lowest BCUT2D eigenvalue weighted by atomic mass is 10.0. The SMILES string of the molecule is Oc1ccc2cc(-c3ccc(O)c(F)c3)ccc2c1. The Morgan fingerprint density at radius 3 is 2.11 bits per heavy atom. The molecule has 3 aromatic rings. The average Bonchev–Trinajstić information content (AvgIpc) is 2.41. The number of rotatable bonds is 1.